The van der Waals surface area contributed by atoms with Gasteiger partial charge in [0.2, 0.25) is 5.75 Å². The second-order valence-corrected chi connectivity index (χ2v) is 5.26. The minimum atomic E-state index is 0.200. The van der Waals surface area contributed by atoms with Gasteiger partial charge in [0.15, 0.2) is 17.3 Å². The monoisotopic (exact) mass is 341 g/mol. The third-order valence-electron chi connectivity index (χ3n) is 3.67. The van der Waals surface area contributed by atoms with E-state index in [1.807, 2.05) is 12.1 Å². The predicted molar refractivity (Wildman–Crippen MR) is 95.1 cm³/mol. The lowest BCUT2D eigenvalue weighted by Crippen LogP contribution is -1.98. The van der Waals surface area contributed by atoms with Gasteiger partial charge < -0.3 is 24.6 Å². The van der Waals surface area contributed by atoms with E-state index in [4.69, 9.17) is 14.2 Å². The second-order valence-electron chi connectivity index (χ2n) is 5.26. The number of methoxy groups -OCH3 is 3. The van der Waals surface area contributed by atoms with Gasteiger partial charge in [0.25, 0.3) is 0 Å². The first-order valence-electron chi connectivity index (χ1n) is 7.56. The molecule has 130 valence electrons. The number of aromatic hydroxyl groups is 1. The Bertz CT molecular complexity index is 851. The summed E-state index contributed by atoms with van der Waals surface area (Å²) in [7, 11) is 4.69. The van der Waals surface area contributed by atoms with Crippen LogP contribution in [0.4, 0.5) is 11.5 Å². The van der Waals surface area contributed by atoms with Crippen molar-refractivity contribution in [3.63, 3.8) is 0 Å². The van der Waals surface area contributed by atoms with Crippen LogP contribution < -0.4 is 19.5 Å². The Morgan fingerprint density at radius 1 is 0.960 bits per heavy atom. The van der Waals surface area contributed by atoms with Crippen molar-refractivity contribution in [2.75, 3.05) is 26.6 Å². The number of phenolic OH excluding ortho intramolecular Hbond substituents is 1. The molecular weight excluding hydrogens is 322 g/mol. The van der Waals surface area contributed by atoms with Crippen LogP contribution >= 0.6 is 0 Å². The normalized spacial score (nSPS) is 10.4. The van der Waals surface area contributed by atoms with Crippen molar-refractivity contribution in [2.45, 2.75) is 0 Å². The SMILES string of the molecule is COc1cc(Nc2cc(-c3cccc(O)c3)[nH]n2)cc(OC)c1OC. The van der Waals surface area contributed by atoms with Crippen molar-refractivity contribution in [3.05, 3.63) is 42.5 Å². The maximum absolute atomic E-state index is 9.59. The summed E-state index contributed by atoms with van der Waals surface area (Å²) in [5.74, 6) is 2.44. The van der Waals surface area contributed by atoms with Gasteiger partial charge in [-0.25, -0.2) is 0 Å². The van der Waals surface area contributed by atoms with Gasteiger partial charge in [0, 0.05) is 29.4 Å². The van der Waals surface area contributed by atoms with E-state index in [2.05, 4.69) is 15.5 Å². The second kappa shape index (κ2) is 7.04. The lowest BCUT2D eigenvalue weighted by molar-refractivity contribution is 0.324. The van der Waals surface area contributed by atoms with Crippen LogP contribution in [0.5, 0.6) is 23.0 Å². The lowest BCUT2D eigenvalue weighted by Gasteiger charge is -2.14. The number of rotatable bonds is 6. The minimum Gasteiger partial charge on any atom is -0.508 e. The first kappa shape index (κ1) is 16.5. The highest BCUT2D eigenvalue weighted by Gasteiger charge is 2.14. The summed E-state index contributed by atoms with van der Waals surface area (Å²) in [5.41, 5.74) is 2.36. The standard InChI is InChI=1S/C18H19N3O4/c1-23-15-8-12(9-16(24-2)18(15)25-3)19-17-10-14(20-21-17)11-5-4-6-13(22)7-11/h4-10,22H,1-3H3,(H2,19,20,21). The maximum atomic E-state index is 9.59. The smallest absolute Gasteiger partial charge is 0.203 e. The van der Waals surface area contributed by atoms with Gasteiger partial charge in [-0.3, -0.25) is 5.10 Å². The Labute approximate surface area is 145 Å². The molecule has 1 heterocycles. The number of nitrogens with one attached hydrogen (secondary N) is 2. The highest BCUT2D eigenvalue weighted by molar-refractivity contribution is 5.70. The van der Waals surface area contributed by atoms with Crippen molar-refractivity contribution >= 4 is 11.5 Å². The van der Waals surface area contributed by atoms with Gasteiger partial charge in [0.05, 0.1) is 27.0 Å². The first-order chi connectivity index (χ1) is 12.1. The molecule has 3 rings (SSSR count). The summed E-state index contributed by atoms with van der Waals surface area (Å²) in [5, 5.41) is 20.0. The number of nitrogens with zero attached hydrogens (tertiary/aromatic N) is 1. The average molecular weight is 341 g/mol. The molecule has 0 fully saturated rings. The molecule has 0 aliphatic carbocycles. The number of aromatic nitrogens is 2. The average Bonchev–Trinajstić information content (AvgIpc) is 3.09. The minimum absolute atomic E-state index is 0.200. The topological polar surface area (TPSA) is 88.6 Å². The molecule has 0 saturated heterocycles. The Morgan fingerprint density at radius 2 is 1.68 bits per heavy atom. The van der Waals surface area contributed by atoms with Crippen LogP contribution in [0.3, 0.4) is 0 Å². The fraction of sp³-hybridized carbons (Fsp3) is 0.167. The molecule has 7 nitrogen and oxygen atoms in total. The zero-order valence-corrected chi connectivity index (χ0v) is 14.2. The Morgan fingerprint density at radius 3 is 2.28 bits per heavy atom. The molecule has 3 N–H and O–H groups in total. The molecule has 7 heteroatoms. The number of aromatic amines is 1. The maximum Gasteiger partial charge on any atom is 0.203 e. The number of benzene rings is 2. The van der Waals surface area contributed by atoms with Crippen molar-refractivity contribution in [3.8, 4) is 34.3 Å². The molecule has 3 aromatic rings. The molecular formula is C18H19N3O4. The summed E-state index contributed by atoms with van der Waals surface area (Å²) < 4.78 is 16.0. The summed E-state index contributed by atoms with van der Waals surface area (Å²) in [4.78, 5) is 0. The van der Waals surface area contributed by atoms with E-state index in [-0.39, 0.29) is 5.75 Å². The number of hydrogen-bond acceptors (Lipinski definition) is 6. The molecule has 0 amide bonds. The highest BCUT2D eigenvalue weighted by atomic mass is 16.5. The van der Waals surface area contributed by atoms with Gasteiger partial charge in [-0.15, -0.1) is 0 Å². The fourth-order valence-corrected chi connectivity index (χ4v) is 2.51. The van der Waals surface area contributed by atoms with Crippen LogP contribution in [0.2, 0.25) is 0 Å². The summed E-state index contributed by atoms with van der Waals surface area (Å²) in [6, 6.07) is 12.4. The quantitative estimate of drug-likeness (QED) is 0.635. The fourth-order valence-electron chi connectivity index (χ4n) is 2.51. The zero-order valence-electron chi connectivity index (χ0n) is 14.2. The van der Waals surface area contributed by atoms with Gasteiger partial charge >= 0.3 is 0 Å². The Hall–Kier alpha value is -3.35. The summed E-state index contributed by atoms with van der Waals surface area (Å²) in [6.45, 7) is 0. The largest absolute Gasteiger partial charge is 0.508 e. The Balaban J connectivity index is 1.88. The molecule has 0 unspecified atom stereocenters. The van der Waals surface area contributed by atoms with E-state index in [0.717, 1.165) is 16.9 Å². The molecule has 0 saturated carbocycles. The van der Waals surface area contributed by atoms with Crippen molar-refractivity contribution in [2.24, 2.45) is 0 Å². The van der Waals surface area contributed by atoms with Gasteiger partial charge in [-0.05, 0) is 12.1 Å². The van der Waals surface area contributed by atoms with Gasteiger partial charge in [0.1, 0.15) is 5.75 Å². The van der Waals surface area contributed by atoms with Crippen molar-refractivity contribution in [1.29, 1.82) is 0 Å². The number of ether oxygens (including phenoxy) is 3. The molecule has 0 radical (unpaired) electrons. The van der Waals surface area contributed by atoms with E-state index in [0.29, 0.717) is 23.1 Å². The number of hydrogen-bond donors (Lipinski definition) is 3. The Kier molecular flexibility index (Phi) is 4.65. The van der Waals surface area contributed by atoms with E-state index in [1.54, 1.807) is 51.7 Å². The van der Waals surface area contributed by atoms with Crippen molar-refractivity contribution in [1.82, 2.24) is 10.2 Å². The van der Waals surface area contributed by atoms with Gasteiger partial charge in [-0.1, -0.05) is 12.1 Å². The van der Waals surface area contributed by atoms with E-state index < -0.39 is 0 Å². The molecule has 0 aliphatic heterocycles. The van der Waals surface area contributed by atoms with Crippen LogP contribution in [-0.2, 0) is 0 Å². The van der Waals surface area contributed by atoms with Crippen LogP contribution in [-0.4, -0.2) is 36.6 Å². The highest BCUT2D eigenvalue weighted by Crippen LogP contribution is 2.40. The van der Waals surface area contributed by atoms with Crippen molar-refractivity contribution < 1.29 is 19.3 Å². The number of anilines is 2. The molecule has 0 atom stereocenters. The molecule has 2 aromatic carbocycles. The first-order valence-corrected chi connectivity index (χ1v) is 7.56. The molecule has 25 heavy (non-hydrogen) atoms. The zero-order chi connectivity index (χ0) is 17.8. The van der Waals surface area contributed by atoms with Crippen LogP contribution in [0.15, 0.2) is 42.5 Å². The molecule has 0 bridgehead atoms. The van der Waals surface area contributed by atoms with Crippen LogP contribution in [0.25, 0.3) is 11.3 Å². The lowest BCUT2D eigenvalue weighted by atomic mass is 10.1. The predicted octanol–water partition coefficient (Wildman–Crippen LogP) is 3.55. The number of phenols is 1. The summed E-state index contributed by atoms with van der Waals surface area (Å²) in [6.07, 6.45) is 0. The van der Waals surface area contributed by atoms with Gasteiger partial charge in [-0.2, -0.15) is 5.10 Å². The van der Waals surface area contributed by atoms with E-state index in [9.17, 15) is 5.11 Å². The van der Waals surface area contributed by atoms with Crippen LogP contribution in [0, 0.1) is 0 Å². The molecule has 1 aromatic heterocycles. The third-order valence-corrected chi connectivity index (χ3v) is 3.67. The van der Waals surface area contributed by atoms with Crippen LogP contribution in [0.1, 0.15) is 0 Å². The summed E-state index contributed by atoms with van der Waals surface area (Å²) >= 11 is 0. The third kappa shape index (κ3) is 3.45. The van der Waals surface area contributed by atoms with E-state index in [1.165, 1.54) is 0 Å². The molecule has 0 aliphatic rings. The number of H-pyrrole nitrogens is 1. The molecule has 0 spiro atoms. The van der Waals surface area contributed by atoms with E-state index >= 15 is 0 Å².